The summed E-state index contributed by atoms with van der Waals surface area (Å²) in [5.41, 5.74) is 1.15. The molecule has 0 fully saturated rings. The first-order valence-corrected chi connectivity index (χ1v) is 3.99. The van der Waals surface area contributed by atoms with Gasteiger partial charge in [0.15, 0.2) is 0 Å². The molecule has 2 rings (SSSR count). The van der Waals surface area contributed by atoms with Gasteiger partial charge in [-0.1, -0.05) is 23.8 Å². The van der Waals surface area contributed by atoms with Crippen LogP contribution in [0.1, 0.15) is 6.92 Å². The summed E-state index contributed by atoms with van der Waals surface area (Å²) in [5.74, 6) is 0.160. The summed E-state index contributed by atoms with van der Waals surface area (Å²) in [6.07, 6.45) is 5.54. The van der Waals surface area contributed by atoms with Crippen molar-refractivity contribution in [3.63, 3.8) is 0 Å². The van der Waals surface area contributed by atoms with Crippen molar-refractivity contribution >= 4 is 0 Å². The molecule has 0 aromatic rings. The monoisotopic (exact) mass is 172 g/mol. The lowest BCUT2D eigenvalue weighted by Gasteiger charge is -2.16. The maximum atomic E-state index is 11.9. The highest BCUT2D eigenvalue weighted by Gasteiger charge is 2.39. The largest absolute Gasteiger partial charge is 0.345 e. The van der Waals surface area contributed by atoms with E-state index in [0.29, 0.717) is 0 Å². The van der Waals surface area contributed by atoms with Gasteiger partial charge in [0, 0.05) is 11.8 Å². The van der Waals surface area contributed by atoms with Crippen LogP contribution in [0.5, 0.6) is 0 Å². The minimum atomic E-state index is -2.65. The van der Waals surface area contributed by atoms with Gasteiger partial charge >= 0.3 is 6.61 Å². The lowest BCUT2D eigenvalue weighted by Crippen LogP contribution is -2.23. The van der Waals surface area contributed by atoms with E-state index in [4.69, 9.17) is 0 Å². The third kappa shape index (κ3) is 1.08. The summed E-state index contributed by atoms with van der Waals surface area (Å²) >= 11 is 0. The predicted octanol–water partition coefficient (Wildman–Crippen LogP) is 2.36. The standard InChI is InChI=1S/C9H10F2O/c1-5-4-6-2-3-7(5)8(6)12-9(10)11/h2-4,6-9H,1H3. The molecule has 3 heteroatoms. The van der Waals surface area contributed by atoms with Gasteiger partial charge in [0.05, 0.1) is 6.10 Å². The van der Waals surface area contributed by atoms with Gasteiger partial charge in [0.2, 0.25) is 0 Å². The van der Waals surface area contributed by atoms with Crippen molar-refractivity contribution in [1.29, 1.82) is 0 Å². The lowest BCUT2D eigenvalue weighted by atomic mass is 10.0. The van der Waals surface area contributed by atoms with Gasteiger partial charge in [-0.15, -0.1) is 0 Å². The Morgan fingerprint density at radius 3 is 2.58 bits per heavy atom. The molecule has 0 radical (unpaired) electrons. The maximum Gasteiger partial charge on any atom is 0.345 e. The van der Waals surface area contributed by atoms with Crippen LogP contribution in [0, 0.1) is 11.8 Å². The molecule has 0 aromatic heterocycles. The van der Waals surface area contributed by atoms with Gasteiger partial charge in [-0.05, 0) is 6.92 Å². The van der Waals surface area contributed by atoms with Crippen molar-refractivity contribution in [2.24, 2.45) is 11.8 Å². The van der Waals surface area contributed by atoms with Crippen LogP contribution in [-0.2, 0) is 4.74 Å². The van der Waals surface area contributed by atoms with Gasteiger partial charge in [-0.2, -0.15) is 8.78 Å². The Bertz CT molecular complexity index is 245. The molecular weight excluding hydrogens is 162 g/mol. The van der Waals surface area contributed by atoms with Crippen LogP contribution in [0.3, 0.4) is 0 Å². The minimum absolute atomic E-state index is 0.0731. The molecule has 0 aliphatic heterocycles. The zero-order valence-electron chi connectivity index (χ0n) is 6.71. The number of hydrogen-bond acceptors (Lipinski definition) is 1. The summed E-state index contributed by atoms with van der Waals surface area (Å²) in [6.45, 7) is -0.699. The summed E-state index contributed by atoms with van der Waals surface area (Å²) in [6, 6.07) is 0. The molecule has 0 amide bonds. The SMILES string of the molecule is CC1=CC2C=CC1C2OC(F)F. The van der Waals surface area contributed by atoms with Crippen molar-refractivity contribution in [2.75, 3.05) is 0 Å². The zero-order chi connectivity index (χ0) is 8.72. The Morgan fingerprint density at radius 2 is 2.17 bits per heavy atom. The number of fused-ring (bicyclic) bond motifs is 2. The van der Waals surface area contributed by atoms with Crippen molar-refractivity contribution in [3.05, 3.63) is 23.8 Å². The van der Waals surface area contributed by atoms with Crippen molar-refractivity contribution in [3.8, 4) is 0 Å². The quantitative estimate of drug-likeness (QED) is 0.581. The Morgan fingerprint density at radius 1 is 1.42 bits per heavy atom. The van der Waals surface area contributed by atoms with E-state index < -0.39 is 6.61 Å². The molecule has 0 aromatic carbocycles. The second-order valence-corrected chi connectivity index (χ2v) is 3.26. The van der Waals surface area contributed by atoms with E-state index in [1.165, 1.54) is 0 Å². The normalized spacial score (nSPS) is 38.0. The molecular formula is C9H10F2O. The fourth-order valence-corrected chi connectivity index (χ4v) is 1.98. The van der Waals surface area contributed by atoms with E-state index in [2.05, 4.69) is 4.74 Å². The predicted molar refractivity (Wildman–Crippen MR) is 40.8 cm³/mol. The first-order chi connectivity index (χ1) is 5.68. The second kappa shape index (κ2) is 2.66. The molecule has 66 valence electrons. The molecule has 2 aliphatic carbocycles. The summed E-state index contributed by atoms with van der Waals surface area (Å²) in [7, 11) is 0. The number of rotatable bonds is 2. The Labute approximate surface area is 69.7 Å². The molecule has 0 spiro atoms. The van der Waals surface area contributed by atoms with Crippen LogP contribution in [0.15, 0.2) is 23.8 Å². The molecule has 0 saturated heterocycles. The Kier molecular flexibility index (Phi) is 1.76. The highest BCUT2D eigenvalue weighted by atomic mass is 19.3. The van der Waals surface area contributed by atoms with E-state index in [0.717, 1.165) is 5.57 Å². The van der Waals surface area contributed by atoms with Crippen LogP contribution in [0.25, 0.3) is 0 Å². The highest BCUT2D eigenvalue weighted by molar-refractivity contribution is 5.32. The summed E-state index contributed by atoms with van der Waals surface area (Å²) < 4.78 is 28.4. The van der Waals surface area contributed by atoms with Crippen molar-refractivity contribution < 1.29 is 13.5 Å². The fourth-order valence-electron chi connectivity index (χ4n) is 1.98. The molecule has 2 bridgehead atoms. The first kappa shape index (κ1) is 7.92. The Balaban J connectivity index is 2.06. The molecule has 0 saturated carbocycles. The van der Waals surface area contributed by atoms with Crippen molar-refractivity contribution in [2.45, 2.75) is 19.6 Å². The number of halogens is 2. The second-order valence-electron chi connectivity index (χ2n) is 3.26. The molecule has 2 aliphatic rings. The van der Waals surface area contributed by atoms with E-state index in [9.17, 15) is 8.78 Å². The van der Waals surface area contributed by atoms with Gasteiger partial charge < -0.3 is 4.74 Å². The van der Waals surface area contributed by atoms with Gasteiger partial charge in [-0.3, -0.25) is 0 Å². The molecule has 0 heterocycles. The topological polar surface area (TPSA) is 9.23 Å². The van der Waals surface area contributed by atoms with Crippen LogP contribution < -0.4 is 0 Å². The average Bonchev–Trinajstić information content (AvgIpc) is 2.44. The fraction of sp³-hybridized carbons (Fsp3) is 0.556. The van der Waals surface area contributed by atoms with Crippen LogP contribution >= 0.6 is 0 Å². The van der Waals surface area contributed by atoms with Crippen LogP contribution in [0.4, 0.5) is 8.78 Å². The average molecular weight is 172 g/mol. The van der Waals surface area contributed by atoms with Gasteiger partial charge in [-0.25, -0.2) is 0 Å². The lowest BCUT2D eigenvalue weighted by molar-refractivity contribution is -0.170. The van der Waals surface area contributed by atoms with Crippen LogP contribution in [-0.4, -0.2) is 12.7 Å². The number of alkyl halides is 2. The third-order valence-corrected chi connectivity index (χ3v) is 2.52. The molecule has 3 atom stereocenters. The molecule has 0 N–H and O–H groups in total. The summed E-state index contributed by atoms with van der Waals surface area (Å²) in [4.78, 5) is 0. The van der Waals surface area contributed by atoms with Gasteiger partial charge in [0.25, 0.3) is 0 Å². The van der Waals surface area contributed by atoms with Gasteiger partial charge in [0.1, 0.15) is 0 Å². The van der Waals surface area contributed by atoms with E-state index in [-0.39, 0.29) is 17.9 Å². The van der Waals surface area contributed by atoms with E-state index >= 15 is 0 Å². The molecule has 3 unspecified atom stereocenters. The minimum Gasteiger partial charge on any atom is -0.318 e. The Hall–Kier alpha value is -0.700. The van der Waals surface area contributed by atoms with E-state index in [1.807, 2.05) is 25.2 Å². The van der Waals surface area contributed by atoms with Crippen LogP contribution in [0.2, 0.25) is 0 Å². The number of ether oxygens (including phenoxy) is 1. The van der Waals surface area contributed by atoms with Crippen molar-refractivity contribution in [1.82, 2.24) is 0 Å². The molecule has 1 nitrogen and oxygen atoms in total. The first-order valence-electron chi connectivity index (χ1n) is 3.99. The van der Waals surface area contributed by atoms with E-state index in [1.54, 1.807) is 0 Å². The smallest absolute Gasteiger partial charge is 0.318 e. The molecule has 12 heavy (non-hydrogen) atoms. The highest BCUT2D eigenvalue weighted by Crippen LogP contribution is 2.40. The summed E-state index contributed by atoms with van der Waals surface area (Å²) in [5, 5.41) is 0. The zero-order valence-corrected chi connectivity index (χ0v) is 6.71. The maximum absolute atomic E-state index is 11.9. The third-order valence-electron chi connectivity index (χ3n) is 2.52. The number of hydrogen-bond donors (Lipinski definition) is 0.